The van der Waals surface area contributed by atoms with Crippen molar-refractivity contribution in [2.24, 2.45) is 5.92 Å². The molecule has 3 saturated heterocycles. The zero-order chi connectivity index (χ0) is 20.7. The predicted octanol–water partition coefficient (Wildman–Crippen LogP) is 3.22. The highest BCUT2D eigenvalue weighted by Gasteiger charge is 2.64. The summed E-state index contributed by atoms with van der Waals surface area (Å²) in [4.78, 5) is 21.6. The molecule has 1 spiro atoms. The van der Waals surface area contributed by atoms with Gasteiger partial charge in [0.15, 0.2) is 5.72 Å². The van der Waals surface area contributed by atoms with Crippen LogP contribution in [0.1, 0.15) is 37.9 Å². The van der Waals surface area contributed by atoms with Crippen LogP contribution in [-0.4, -0.2) is 51.7 Å². The van der Waals surface area contributed by atoms with Crippen molar-refractivity contribution in [3.63, 3.8) is 0 Å². The first-order chi connectivity index (χ1) is 14.6. The number of benzene rings is 1. The van der Waals surface area contributed by atoms with Crippen LogP contribution in [-0.2, 0) is 22.7 Å². The minimum absolute atomic E-state index is 0.147. The molecule has 6 heteroatoms. The van der Waals surface area contributed by atoms with Crippen LogP contribution in [0, 0.1) is 5.92 Å². The molecule has 1 aromatic carbocycles. The molecule has 0 aliphatic carbocycles. The average Bonchev–Trinajstić information content (AvgIpc) is 3.38. The molecule has 0 N–H and O–H groups in total. The number of carbonyl (C=O) groups is 1. The van der Waals surface area contributed by atoms with E-state index in [-0.39, 0.29) is 18.0 Å². The summed E-state index contributed by atoms with van der Waals surface area (Å²) < 4.78 is 12.2. The zero-order valence-corrected chi connectivity index (χ0v) is 17.7. The van der Waals surface area contributed by atoms with Gasteiger partial charge in [-0.05, 0) is 35.7 Å². The Balaban J connectivity index is 1.23. The number of ether oxygens (including phenoxy) is 2. The van der Waals surface area contributed by atoms with Crippen molar-refractivity contribution in [2.45, 2.75) is 57.6 Å². The van der Waals surface area contributed by atoms with E-state index in [2.05, 4.69) is 40.8 Å². The first-order valence-electron chi connectivity index (χ1n) is 10.9. The number of rotatable bonds is 6. The van der Waals surface area contributed by atoms with Crippen LogP contribution in [0.25, 0.3) is 0 Å². The summed E-state index contributed by atoms with van der Waals surface area (Å²) in [5, 5.41) is 0. The van der Waals surface area contributed by atoms with Crippen molar-refractivity contribution in [3.05, 3.63) is 59.9 Å². The molecular weight excluding hydrogens is 378 g/mol. The standard InChI is InChI=1S/C24H29N3O3/c1-17(2)21-16-30-24-10-12-26(22(24)13-23(28)27(21)24)14-18-6-8-20(9-7-18)29-15-19-5-3-4-11-25-19/h3-9,11,17,21-22H,10,12-16H2,1-2H3/t21-,22+,24-/m0/s1. The summed E-state index contributed by atoms with van der Waals surface area (Å²) >= 11 is 0. The Morgan fingerprint density at radius 3 is 2.80 bits per heavy atom. The Hall–Kier alpha value is -2.44. The SMILES string of the molecule is CC(C)[C@@H]1CO[C@@]23CCN(Cc4ccc(OCc5ccccn5)cc4)[C@@H]2CC(=O)N13. The van der Waals surface area contributed by atoms with Crippen LogP contribution in [0.3, 0.4) is 0 Å². The summed E-state index contributed by atoms with van der Waals surface area (Å²) in [7, 11) is 0. The quantitative estimate of drug-likeness (QED) is 0.736. The third-order valence-electron chi connectivity index (χ3n) is 6.79. The molecule has 3 aliphatic rings. The molecule has 1 aromatic heterocycles. The summed E-state index contributed by atoms with van der Waals surface area (Å²) in [6.45, 7) is 7.26. The Kier molecular flexibility index (Phi) is 4.99. The van der Waals surface area contributed by atoms with Crippen molar-refractivity contribution >= 4 is 5.91 Å². The Bertz CT molecular complexity index is 902. The van der Waals surface area contributed by atoms with E-state index < -0.39 is 5.72 Å². The van der Waals surface area contributed by atoms with Crippen molar-refractivity contribution in [1.82, 2.24) is 14.8 Å². The monoisotopic (exact) mass is 407 g/mol. The minimum atomic E-state index is -0.405. The summed E-state index contributed by atoms with van der Waals surface area (Å²) in [5.74, 6) is 1.50. The van der Waals surface area contributed by atoms with Gasteiger partial charge in [-0.15, -0.1) is 0 Å². The second-order valence-electron chi connectivity index (χ2n) is 8.93. The number of amides is 1. The molecule has 158 valence electrons. The van der Waals surface area contributed by atoms with Crippen molar-refractivity contribution in [1.29, 1.82) is 0 Å². The van der Waals surface area contributed by atoms with E-state index in [0.717, 1.165) is 31.0 Å². The van der Waals surface area contributed by atoms with E-state index in [0.29, 0.717) is 25.6 Å². The van der Waals surface area contributed by atoms with Crippen LogP contribution < -0.4 is 4.74 Å². The molecule has 5 rings (SSSR count). The zero-order valence-electron chi connectivity index (χ0n) is 17.7. The van der Waals surface area contributed by atoms with Gasteiger partial charge in [0.25, 0.3) is 0 Å². The third kappa shape index (κ3) is 3.28. The molecule has 0 unspecified atom stereocenters. The predicted molar refractivity (Wildman–Crippen MR) is 113 cm³/mol. The second-order valence-corrected chi connectivity index (χ2v) is 8.93. The number of nitrogens with zero attached hydrogens (tertiary/aromatic N) is 3. The van der Waals surface area contributed by atoms with E-state index in [1.807, 2.05) is 30.3 Å². The first-order valence-corrected chi connectivity index (χ1v) is 10.9. The number of carbonyl (C=O) groups excluding carboxylic acids is 1. The smallest absolute Gasteiger partial charge is 0.226 e. The van der Waals surface area contributed by atoms with Gasteiger partial charge in [0.05, 0.1) is 24.4 Å². The van der Waals surface area contributed by atoms with Gasteiger partial charge in [0.2, 0.25) is 5.91 Å². The van der Waals surface area contributed by atoms with Gasteiger partial charge in [0, 0.05) is 32.1 Å². The highest BCUT2D eigenvalue weighted by molar-refractivity contribution is 5.82. The molecule has 0 saturated carbocycles. The lowest BCUT2D eigenvalue weighted by Gasteiger charge is -2.34. The van der Waals surface area contributed by atoms with E-state index in [1.165, 1.54) is 5.56 Å². The molecular formula is C24H29N3O3. The van der Waals surface area contributed by atoms with Crippen LogP contribution >= 0.6 is 0 Å². The van der Waals surface area contributed by atoms with Crippen LogP contribution in [0.4, 0.5) is 0 Å². The number of hydrogen-bond donors (Lipinski definition) is 0. The Morgan fingerprint density at radius 1 is 1.23 bits per heavy atom. The maximum atomic E-state index is 12.8. The first kappa shape index (κ1) is 19.5. The van der Waals surface area contributed by atoms with Gasteiger partial charge < -0.3 is 14.4 Å². The molecule has 2 aromatic rings. The number of aromatic nitrogens is 1. The second kappa shape index (κ2) is 7.67. The number of pyridine rings is 1. The lowest BCUT2D eigenvalue weighted by molar-refractivity contribution is -0.139. The maximum Gasteiger partial charge on any atom is 0.226 e. The molecule has 0 radical (unpaired) electrons. The Morgan fingerprint density at radius 2 is 2.07 bits per heavy atom. The fourth-order valence-corrected chi connectivity index (χ4v) is 5.21. The van der Waals surface area contributed by atoms with Gasteiger partial charge in [-0.25, -0.2) is 0 Å². The molecule has 6 nitrogen and oxygen atoms in total. The van der Waals surface area contributed by atoms with Crippen LogP contribution in [0.5, 0.6) is 5.75 Å². The van der Waals surface area contributed by atoms with Gasteiger partial charge >= 0.3 is 0 Å². The minimum Gasteiger partial charge on any atom is -0.487 e. The van der Waals surface area contributed by atoms with Gasteiger partial charge in [-0.3, -0.25) is 14.7 Å². The highest BCUT2D eigenvalue weighted by Crippen LogP contribution is 2.49. The normalized spacial score (nSPS) is 28.2. The molecule has 1 amide bonds. The lowest BCUT2D eigenvalue weighted by Crippen LogP contribution is -2.50. The van der Waals surface area contributed by atoms with E-state index >= 15 is 0 Å². The molecule has 3 aliphatic heterocycles. The summed E-state index contributed by atoms with van der Waals surface area (Å²) in [5.41, 5.74) is 1.73. The van der Waals surface area contributed by atoms with Gasteiger partial charge in [-0.2, -0.15) is 0 Å². The molecule has 4 heterocycles. The maximum absolute atomic E-state index is 12.8. The van der Waals surface area contributed by atoms with Crippen molar-refractivity contribution < 1.29 is 14.3 Å². The largest absolute Gasteiger partial charge is 0.487 e. The molecule has 3 fully saturated rings. The fraction of sp³-hybridized carbons (Fsp3) is 0.500. The summed E-state index contributed by atoms with van der Waals surface area (Å²) in [6.07, 6.45) is 3.24. The number of likely N-dealkylation sites (tertiary alicyclic amines) is 1. The van der Waals surface area contributed by atoms with Crippen LogP contribution in [0.2, 0.25) is 0 Å². The topological polar surface area (TPSA) is 54.9 Å². The highest BCUT2D eigenvalue weighted by atomic mass is 16.5. The van der Waals surface area contributed by atoms with E-state index in [9.17, 15) is 4.79 Å². The van der Waals surface area contributed by atoms with E-state index in [4.69, 9.17) is 9.47 Å². The van der Waals surface area contributed by atoms with Gasteiger partial charge in [0.1, 0.15) is 12.4 Å². The third-order valence-corrected chi connectivity index (χ3v) is 6.79. The fourth-order valence-electron chi connectivity index (χ4n) is 5.21. The van der Waals surface area contributed by atoms with Crippen molar-refractivity contribution in [3.8, 4) is 5.75 Å². The van der Waals surface area contributed by atoms with Gasteiger partial charge in [-0.1, -0.05) is 32.0 Å². The van der Waals surface area contributed by atoms with E-state index in [1.54, 1.807) is 6.20 Å². The van der Waals surface area contributed by atoms with Crippen LogP contribution in [0.15, 0.2) is 48.7 Å². The molecule has 0 bridgehead atoms. The average molecular weight is 408 g/mol. The molecule has 30 heavy (non-hydrogen) atoms. The number of hydrogen-bond acceptors (Lipinski definition) is 5. The van der Waals surface area contributed by atoms with Crippen molar-refractivity contribution in [2.75, 3.05) is 13.2 Å². The Labute approximate surface area is 177 Å². The summed E-state index contributed by atoms with van der Waals surface area (Å²) in [6, 6.07) is 14.4. The lowest BCUT2D eigenvalue weighted by atomic mass is 10.0. The molecule has 3 atom stereocenters.